The number of carbonyl (C=O) groups is 1. The van der Waals surface area contributed by atoms with Gasteiger partial charge in [0.15, 0.2) is 0 Å². The minimum Gasteiger partial charge on any atom is -0.321 e. The summed E-state index contributed by atoms with van der Waals surface area (Å²) in [5, 5.41) is 4.84. The molecule has 2 rings (SSSR count). The Morgan fingerprint density at radius 1 is 1.41 bits per heavy atom. The Morgan fingerprint density at radius 2 is 2.24 bits per heavy atom. The van der Waals surface area contributed by atoms with Crippen LogP contribution in [0.3, 0.4) is 0 Å². The molecule has 1 aromatic heterocycles. The van der Waals surface area contributed by atoms with E-state index in [-0.39, 0.29) is 5.91 Å². The lowest BCUT2D eigenvalue weighted by molar-refractivity contribution is 0.103. The third-order valence-corrected chi connectivity index (χ3v) is 3.80. The average Bonchev–Trinajstić information content (AvgIpc) is 2.85. The largest absolute Gasteiger partial charge is 0.321 e. The van der Waals surface area contributed by atoms with Gasteiger partial charge in [0.2, 0.25) is 0 Å². The highest BCUT2D eigenvalue weighted by molar-refractivity contribution is 9.10. The molecule has 0 aliphatic rings. The fourth-order valence-corrected chi connectivity index (χ4v) is 2.60. The van der Waals surface area contributed by atoms with Crippen LogP contribution in [-0.2, 0) is 6.42 Å². The summed E-state index contributed by atoms with van der Waals surface area (Å²) >= 11 is 4.88. The molecule has 1 aromatic carbocycles. The van der Waals surface area contributed by atoms with Crippen molar-refractivity contribution in [3.8, 4) is 0 Å². The first kappa shape index (κ1) is 12.3. The zero-order chi connectivity index (χ0) is 12.3. The van der Waals surface area contributed by atoms with Crippen LogP contribution in [0.4, 0.5) is 5.69 Å². The van der Waals surface area contributed by atoms with E-state index in [0.717, 1.165) is 27.0 Å². The van der Waals surface area contributed by atoms with Crippen LogP contribution in [0.1, 0.15) is 22.2 Å². The smallest absolute Gasteiger partial charge is 0.265 e. The van der Waals surface area contributed by atoms with Crippen LogP contribution in [0, 0.1) is 0 Å². The van der Waals surface area contributed by atoms with Gasteiger partial charge in [0, 0.05) is 10.2 Å². The normalized spacial score (nSPS) is 10.2. The van der Waals surface area contributed by atoms with Gasteiger partial charge in [-0.2, -0.15) is 0 Å². The molecule has 0 aliphatic heterocycles. The lowest BCUT2D eigenvalue weighted by Crippen LogP contribution is -2.11. The molecule has 2 aromatic rings. The number of aryl methyl sites for hydroxylation is 1. The van der Waals surface area contributed by atoms with Crippen LogP contribution in [0.5, 0.6) is 0 Å². The van der Waals surface area contributed by atoms with E-state index in [1.54, 1.807) is 0 Å². The van der Waals surface area contributed by atoms with Gasteiger partial charge in [-0.3, -0.25) is 4.79 Å². The van der Waals surface area contributed by atoms with Crippen molar-refractivity contribution in [1.29, 1.82) is 0 Å². The highest BCUT2D eigenvalue weighted by Crippen LogP contribution is 2.22. The van der Waals surface area contributed by atoms with Gasteiger partial charge >= 0.3 is 0 Å². The first-order valence-corrected chi connectivity index (χ1v) is 7.01. The fraction of sp³-hybridized carbons (Fsp3) is 0.154. The van der Waals surface area contributed by atoms with Crippen molar-refractivity contribution in [3.63, 3.8) is 0 Å². The molecule has 0 atom stereocenters. The van der Waals surface area contributed by atoms with Crippen molar-refractivity contribution in [2.75, 3.05) is 5.32 Å². The van der Waals surface area contributed by atoms with E-state index in [4.69, 9.17) is 0 Å². The first-order valence-electron chi connectivity index (χ1n) is 5.34. The maximum absolute atomic E-state index is 11.9. The van der Waals surface area contributed by atoms with Gasteiger partial charge in [-0.05, 0) is 41.6 Å². The molecule has 2 nitrogen and oxygen atoms in total. The molecular weight excluding hydrogens is 298 g/mol. The molecule has 0 unspecified atom stereocenters. The van der Waals surface area contributed by atoms with Crippen LogP contribution < -0.4 is 5.32 Å². The molecule has 0 aliphatic carbocycles. The minimum atomic E-state index is -0.0444. The van der Waals surface area contributed by atoms with Crippen LogP contribution in [-0.4, -0.2) is 5.91 Å². The van der Waals surface area contributed by atoms with Gasteiger partial charge in [0.25, 0.3) is 5.91 Å². The third kappa shape index (κ3) is 2.96. The van der Waals surface area contributed by atoms with E-state index >= 15 is 0 Å². The van der Waals surface area contributed by atoms with E-state index < -0.39 is 0 Å². The van der Waals surface area contributed by atoms with Crippen LogP contribution in [0.15, 0.2) is 40.2 Å². The predicted molar refractivity (Wildman–Crippen MR) is 75.8 cm³/mol. The average molecular weight is 310 g/mol. The molecule has 0 bridgehead atoms. The Bertz CT molecular complexity index is 522. The summed E-state index contributed by atoms with van der Waals surface area (Å²) < 4.78 is 1.03. The quantitative estimate of drug-likeness (QED) is 0.898. The maximum Gasteiger partial charge on any atom is 0.265 e. The van der Waals surface area contributed by atoms with E-state index in [1.807, 2.05) is 35.7 Å². The van der Waals surface area contributed by atoms with Crippen LogP contribution in [0.25, 0.3) is 0 Å². The van der Waals surface area contributed by atoms with Gasteiger partial charge in [0.05, 0.1) is 4.88 Å². The molecule has 1 heterocycles. The van der Waals surface area contributed by atoms with Gasteiger partial charge in [-0.1, -0.05) is 28.9 Å². The van der Waals surface area contributed by atoms with Crippen LogP contribution in [0.2, 0.25) is 0 Å². The van der Waals surface area contributed by atoms with E-state index in [9.17, 15) is 4.79 Å². The summed E-state index contributed by atoms with van der Waals surface area (Å²) in [5.41, 5.74) is 2.01. The number of nitrogens with one attached hydrogen (secondary N) is 1. The van der Waals surface area contributed by atoms with Crippen molar-refractivity contribution in [3.05, 3.63) is 50.6 Å². The van der Waals surface area contributed by atoms with E-state index in [2.05, 4.69) is 28.2 Å². The highest BCUT2D eigenvalue weighted by atomic mass is 79.9. The second kappa shape index (κ2) is 5.47. The van der Waals surface area contributed by atoms with Gasteiger partial charge in [-0.25, -0.2) is 0 Å². The van der Waals surface area contributed by atoms with Crippen LogP contribution >= 0.6 is 27.3 Å². The zero-order valence-corrected chi connectivity index (χ0v) is 11.8. The Hall–Kier alpha value is -1.13. The van der Waals surface area contributed by atoms with Crippen molar-refractivity contribution in [2.24, 2.45) is 0 Å². The second-order valence-corrected chi connectivity index (χ2v) is 5.45. The summed E-state index contributed by atoms with van der Waals surface area (Å²) in [7, 11) is 0. The summed E-state index contributed by atoms with van der Waals surface area (Å²) in [6, 6.07) is 9.59. The summed E-state index contributed by atoms with van der Waals surface area (Å²) in [4.78, 5) is 12.6. The van der Waals surface area contributed by atoms with E-state index in [1.165, 1.54) is 11.3 Å². The fourth-order valence-electron chi connectivity index (χ4n) is 1.57. The lowest BCUT2D eigenvalue weighted by atomic mass is 10.1. The molecule has 0 spiro atoms. The molecule has 0 saturated heterocycles. The Balaban J connectivity index is 2.21. The molecule has 1 amide bonds. The maximum atomic E-state index is 11.9. The SMILES string of the molecule is CCc1cc(Br)ccc1NC(=O)c1cccs1. The molecule has 4 heteroatoms. The molecule has 88 valence electrons. The summed E-state index contributed by atoms with van der Waals surface area (Å²) in [6.07, 6.45) is 0.888. The molecule has 1 N–H and O–H groups in total. The minimum absolute atomic E-state index is 0.0444. The number of benzene rings is 1. The molecule has 0 fully saturated rings. The number of hydrogen-bond donors (Lipinski definition) is 1. The molecule has 0 radical (unpaired) electrons. The van der Waals surface area contributed by atoms with Gasteiger partial charge in [-0.15, -0.1) is 11.3 Å². The first-order chi connectivity index (χ1) is 8.20. The van der Waals surface area contributed by atoms with Crippen molar-refractivity contribution < 1.29 is 4.79 Å². The Labute approximate surface area is 113 Å². The molecule has 17 heavy (non-hydrogen) atoms. The lowest BCUT2D eigenvalue weighted by Gasteiger charge is -2.09. The number of hydrogen-bond acceptors (Lipinski definition) is 2. The molecular formula is C13H12BrNOS. The van der Waals surface area contributed by atoms with Gasteiger partial charge < -0.3 is 5.32 Å². The predicted octanol–water partition coefficient (Wildman–Crippen LogP) is 4.33. The topological polar surface area (TPSA) is 29.1 Å². The third-order valence-electron chi connectivity index (χ3n) is 2.44. The number of amides is 1. The summed E-state index contributed by atoms with van der Waals surface area (Å²) in [5.74, 6) is -0.0444. The standard InChI is InChI=1S/C13H12BrNOS/c1-2-9-8-10(14)5-6-11(9)15-13(16)12-4-3-7-17-12/h3-8H,2H2,1H3,(H,15,16). The number of thiophene rings is 1. The number of rotatable bonds is 3. The van der Waals surface area contributed by atoms with Crippen molar-refractivity contribution >= 4 is 38.9 Å². The van der Waals surface area contributed by atoms with Crippen molar-refractivity contribution in [2.45, 2.75) is 13.3 Å². The number of anilines is 1. The second-order valence-electron chi connectivity index (χ2n) is 3.59. The number of halogens is 1. The number of carbonyl (C=O) groups excluding carboxylic acids is 1. The Morgan fingerprint density at radius 3 is 2.88 bits per heavy atom. The van der Waals surface area contributed by atoms with Gasteiger partial charge in [0.1, 0.15) is 0 Å². The monoisotopic (exact) mass is 309 g/mol. The zero-order valence-electron chi connectivity index (χ0n) is 9.37. The highest BCUT2D eigenvalue weighted by Gasteiger charge is 2.09. The molecule has 0 saturated carbocycles. The van der Waals surface area contributed by atoms with Crippen molar-refractivity contribution in [1.82, 2.24) is 0 Å². The Kier molecular flexibility index (Phi) is 3.97. The van der Waals surface area contributed by atoms with E-state index in [0.29, 0.717) is 0 Å². The summed E-state index contributed by atoms with van der Waals surface area (Å²) in [6.45, 7) is 2.07.